The molecule has 1 N–H and O–H groups in total. The zero-order valence-electron chi connectivity index (χ0n) is 11.0. The summed E-state index contributed by atoms with van der Waals surface area (Å²) in [5.74, 6) is -0.324. The fraction of sp³-hybridized carbons (Fsp3) is 0.200. The highest BCUT2D eigenvalue weighted by atomic mass is 32.1. The van der Waals surface area contributed by atoms with Crippen LogP contribution in [-0.2, 0) is 0 Å². The first kappa shape index (κ1) is 13.1. The van der Waals surface area contributed by atoms with Crippen molar-refractivity contribution in [2.24, 2.45) is 0 Å². The Balaban J connectivity index is 2.05. The molecule has 0 saturated heterocycles. The number of thiophene rings is 1. The molecular weight excluding hydrogens is 273 g/mol. The summed E-state index contributed by atoms with van der Waals surface area (Å²) in [5, 5.41) is 5.38. The number of pyridine rings is 2. The van der Waals surface area contributed by atoms with E-state index in [0.29, 0.717) is 0 Å². The lowest BCUT2D eigenvalue weighted by molar-refractivity contribution is 0.595. The quantitative estimate of drug-likeness (QED) is 0.797. The van der Waals surface area contributed by atoms with E-state index in [1.165, 1.54) is 12.3 Å². The van der Waals surface area contributed by atoms with Crippen molar-refractivity contribution in [1.82, 2.24) is 15.3 Å². The summed E-state index contributed by atoms with van der Waals surface area (Å²) in [7, 11) is 0. The molecule has 3 nitrogen and oxygen atoms in total. The lowest BCUT2D eigenvalue weighted by Crippen LogP contribution is -2.22. The fourth-order valence-corrected chi connectivity index (χ4v) is 3.03. The van der Waals surface area contributed by atoms with Crippen molar-refractivity contribution < 1.29 is 4.39 Å². The Hall–Kier alpha value is -1.85. The Morgan fingerprint density at radius 1 is 1.25 bits per heavy atom. The summed E-state index contributed by atoms with van der Waals surface area (Å²) >= 11 is 1.66. The first-order valence-corrected chi connectivity index (χ1v) is 7.33. The minimum atomic E-state index is -0.324. The van der Waals surface area contributed by atoms with Gasteiger partial charge in [-0.3, -0.25) is 9.97 Å². The van der Waals surface area contributed by atoms with Crippen LogP contribution >= 0.6 is 11.3 Å². The Bertz CT molecular complexity index is 726. The summed E-state index contributed by atoms with van der Waals surface area (Å²) in [6.45, 7) is 2.81. The predicted octanol–water partition coefficient (Wildman–Crippen LogP) is 3.53. The number of nitrogens with zero attached hydrogens (tertiary/aromatic N) is 2. The molecule has 3 aromatic rings. The summed E-state index contributed by atoms with van der Waals surface area (Å²) in [6, 6.07) is 5.52. The average Bonchev–Trinajstić information content (AvgIpc) is 2.92. The zero-order valence-corrected chi connectivity index (χ0v) is 11.8. The second-order valence-electron chi connectivity index (χ2n) is 4.50. The molecule has 0 amide bonds. The smallest absolute Gasteiger partial charge is 0.141 e. The van der Waals surface area contributed by atoms with E-state index < -0.39 is 0 Å². The molecule has 0 saturated carbocycles. The van der Waals surface area contributed by atoms with Crippen LogP contribution in [0.25, 0.3) is 10.2 Å². The molecule has 102 valence electrons. The maximum Gasteiger partial charge on any atom is 0.141 e. The first-order valence-electron chi connectivity index (χ1n) is 6.45. The number of aromatic nitrogens is 2. The van der Waals surface area contributed by atoms with Crippen LogP contribution < -0.4 is 5.32 Å². The van der Waals surface area contributed by atoms with Crippen LogP contribution in [0.15, 0.2) is 42.2 Å². The highest BCUT2D eigenvalue weighted by Gasteiger charge is 2.15. The largest absolute Gasteiger partial charge is 0.306 e. The molecule has 0 aliphatic rings. The van der Waals surface area contributed by atoms with Gasteiger partial charge in [0.15, 0.2) is 0 Å². The summed E-state index contributed by atoms with van der Waals surface area (Å²) in [6.07, 6.45) is 4.75. The van der Waals surface area contributed by atoms with E-state index in [9.17, 15) is 4.39 Å². The maximum absolute atomic E-state index is 13.4. The first-order chi connectivity index (χ1) is 9.78. The van der Waals surface area contributed by atoms with Gasteiger partial charge in [-0.1, -0.05) is 6.92 Å². The second-order valence-corrected chi connectivity index (χ2v) is 5.45. The third-order valence-corrected chi connectivity index (χ3v) is 3.98. The SMILES string of the molecule is CCNC(c1cncc(F)c1)c1cnc2ccsc2c1. The molecular formula is C15H14FN3S. The molecule has 0 radical (unpaired) electrons. The van der Waals surface area contributed by atoms with Gasteiger partial charge in [0.1, 0.15) is 5.82 Å². The minimum absolute atomic E-state index is 0.0952. The standard InChI is InChI=1S/C15H14FN3S/c1-2-18-15(10-5-12(16)9-17-7-10)11-6-14-13(19-8-11)3-4-20-14/h3-9,15,18H,2H2,1H3. The van der Waals surface area contributed by atoms with E-state index in [1.807, 2.05) is 24.6 Å². The van der Waals surface area contributed by atoms with Crippen LogP contribution in [-0.4, -0.2) is 16.5 Å². The van der Waals surface area contributed by atoms with E-state index in [-0.39, 0.29) is 11.9 Å². The highest BCUT2D eigenvalue weighted by molar-refractivity contribution is 7.17. The monoisotopic (exact) mass is 287 g/mol. The summed E-state index contributed by atoms with van der Waals surface area (Å²) in [4.78, 5) is 8.38. The van der Waals surface area contributed by atoms with Crippen LogP contribution in [0, 0.1) is 5.82 Å². The number of halogens is 1. The molecule has 1 atom stereocenters. The molecule has 5 heteroatoms. The van der Waals surface area contributed by atoms with Gasteiger partial charge in [-0.05, 0) is 41.3 Å². The van der Waals surface area contributed by atoms with Crippen molar-refractivity contribution in [1.29, 1.82) is 0 Å². The third-order valence-electron chi connectivity index (χ3n) is 3.12. The highest BCUT2D eigenvalue weighted by Crippen LogP contribution is 2.26. The van der Waals surface area contributed by atoms with Gasteiger partial charge in [0.2, 0.25) is 0 Å². The number of hydrogen-bond donors (Lipinski definition) is 1. The van der Waals surface area contributed by atoms with Gasteiger partial charge in [0.05, 0.1) is 22.5 Å². The van der Waals surface area contributed by atoms with Gasteiger partial charge in [0.25, 0.3) is 0 Å². The van der Waals surface area contributed by atoms with Gasteiger partial charge in [-0.25, -0.2) is 4.39 Å². The van der Waals surface area contributed by atoms with Gasteiger partial charge < -0.3 is 5.32 Å². The van der Waals surface area contributed by atoms with E-state index in [0.717, 1.165) is 27.9 Å². The molecule has 0 fully saturated rings. The van der Waals surface area contributed by atoms with E-state index in [1.54, 1.807) is 17.5 Å². The zero-order chi connectivity index (χ0) is 13.9. The third kappa shape index (κ3) is 2.55. The Kier molecular flexibility index (Phi) is 3.71. The topological polar surface area (TPSA) is 37.8 Å². The summed E-state index contributed by atoms with van der Waals surface area (Å²) < 4.78 is 14.5. The second kappa shape index (κ2) is 5.64. The number of fused-ring (bicyclic) bond motifs is 1. The molecule has 0 aliphatic carbocycles. The molecule has 20 heavy (non-hydrogen) atoms. The van der Waals surface area contributed by atoms with Gasteiger partial charge >= 0.3 is 0 Å². The normalized spacial score (nSPS) is 12.7. The van der Waals surface area contributed by atoms with Crippen molar-refractivity contribution >= 4 is 21.6 Å². The molecule has 3 rings (SSSR count). The molecule has 3 aromatic heterocycles. The van der Waals surface area contributed by atoms with Crippen LogP contribution in [0.5, 0.6) is 0 Å². The molecule has 0 aliphatic heterocycles. The molecule has 1 unspecified atom stereocenters. The van der Waals surface area contributed by atoms with Gasteiger partial charge in [0, 0.05) is 12.4 Å². The van der Waals surface area contributed by atoms with Gasteiger partial charge in [-0.15, -0.1) is 11.3 Å². The Morgan fingerprint density at radius 3 is 2.90 bits per heavy atom. The molecule has 0 spiro atoms. The van der Waals surface area contributed by atoms with Crippen molar-refractivity contribution in [2.75, 3.05) is 6.54 Å². The van der Waals surface area contributed by atoms with E-state index >= 15 is 0 Å². The van der Waals surface area contributed by atoms with Crippen molar-refractivity contribution in [3.05, 3.63) is 59.1 Å². The average molecular weight is 287 g/mol. The van der Waals surface area contributed by atoms with Gasteiger partial charge in [-0.2, -0.15) is 0 Å². The number of hydrogen-bond acceptors (Lipinski definition) is 4. The maximum atomic E-state index is 13.4. The van der Waals surface area contributed by atoms with E-state index in [4.69, 9.17) is 0 Å². The predicted molar refractivity (Wildman–Crippen MR) is 79.3 cm³/mol. The molecule has 0 bridgehead atoms. The molecule has 3 heterocycles. The minimum Gasteiger partial charge on any atom is -0.306 e. The van der Waals surface area contributed by atoms with Crippen molar-refractivity contribution in [3.8, 4) is 0 Å². The van der Waals surface area contributed by atoms with Crippen LogP contribution in [0.1, 0.15) is 24.1 Å². The lowest BCUT2D eigenvalue weighted by atomic mass is 10.0. The van der Waals surface area contributed by atoms with Crippen LogP contribution in [0.3, 0.4) is 0 Å². The van der Waals surface area contributed by atoms with Crippen molar-refractivity contribution in [3.63, 3.8) is 0 Å². The van der Waals surface area contributed by atoms with Crippen LogP contribution in [0.4, 0.5) is 4.39 Å². The number of rotatable bonds is 4. The lowest BCUT2D eigenvalue weighted by Gasteiger charge is -2.18. The van der Waals surface area contributed by atoms with Crippen LogP contribution in [0.2, 0.25) is 0 Å². The van der Waals surface area contributed by atoms with Crippen molar-refractivity contribution in [2.45, 2.75) is 13.0 Å². The molecule has 0 aromatic carbocycles. The van der Waals surface area contributed by atoms with E-state index in [2.05, 4.69) is 21.4 Å². The number of nitrogens with one attached hydrogen (secondary N) is 1. The Labute approximate surface area is 120 Å². The fourth-order valence-electron chi connectivity index (χ4n) is 2.24. The summed E-state index contributed by atoms with van der Waals surface area (Å²) in [5.41, 5.74) is 2.82. The Morgan fingerprint density at radius 2 is 2.10 bits per heavy atom.